The van der Waals surface area contributed by atoms with Gasteiger partial charge in [-0.1, -0.05) is 12.1 Å². The number of aliphatic hydroxyl groups is 7. The van der Waals surface area contributed by atoms with Crippen molar-refractivity contribution in [2.45, 2.75) is 67.3 Å². The summed E-state index contributed by atoms with van der Waals surface area (Å²) < 4.78 is 21.5. The summed E-state index contributed by atoms with van der Waals surface area (Å²) in [6.45, 7) is -2.57. The third-order valence-electron chi connectivity index (χ3n) is 5.99. The van der Waals surface area contributed by atoms with Gasteiger partial charge in [-0.15, -0.1) is 0 Å². The second kappa shape index (κ2) is 11.4. The molecule has 0 aromatic heterocycles. The highest BCUT2D eigenvalue weighted by Crippen LogP contribution is 2.36. The first-order valence-corrected chi connectivity index (χ1v) is 10.9. The lowest BCUT2D eigenvalue weighted by Gasteiger charge is -2.44. The van der Waals surface area contributed by atoms with Crippen LogP contribution in [0.3, 0.4) is 0 Å². The normalized spacial score (nSPS) is 38.3. The average Bonchev–Trinajstić information content (AvgIpc) is 3.09. The van der Waals surface area contributed by atoms with Gasteiger partial charge in [-0.3, -0.25) is 4.79 Å². The zero-order chi connectivity index (χ0) is 25.9. The van der Waals surface area contributed by atoms with Gasteiger partial charge < -0.3 is 65.5 Å². The van der Waals surface area contributed by atoms with Crippen molar-refractivity contribution in [3.05, 3.63) is 29.8 Å². The summed E-state index contributed by atoms with van der Waals surface area (Å²) in [6, 6.07) is 4.62. The fourth-order valence-corrected chi connectivity index (χ4v) is 3.93. The van der Waals surface area contributed by atoms with Crippen LogP contribution in [0.15, 0.2) is 24.3 Å². The highest BCUT2D eigenvalue weighted by Gasteiger charge is 2.59. The van der Waals surface area contributed by atoms with Crippen LogP contribution >= 0.6 is 0 Å². The molecule has 198 valence electrons. The number of esters is 1. The quantitative estimate of drug-likeness (QED) is 0.144. The van der Waals surface area contributed by atoms with Crippen molar-refractivity contribution >= 4 is 5.97 Å². The molecule has 2 fully saturated rings. The third kappa shape index (κ3) is 5.73. The molecule has 3 rings (SSSR count). The summed E-state index contributed by atoms with van der Waals surface area (Å²) >= 11 is 0. The predicted molar refractivity (Wildman–Crippen MR) is 112 cm³/mol. The Hall–Kier alpha value is -1.95. The van der Waals surface area contributed by atoms with E-state index >= 15 is 0 Å². The summed E-state index contributed by atoms with van der Waals surface area (Å²) in [5.41, 5.74) is 6.50. The van der Waals surface area contributed by atoms with E-state index in [9.17, 15) is 45.6 Å². The van der Waals surface area contributed by atoms with Gasteiger partial charge in [0, 0.05) is 0 Å². The van der Waals surface area contributed by atoms with E-state index in [0.29, 0.717) is 5.56 Å². The van der Waals surface area contributed by atoms with E-state index in [2.05, 4.69) is 0 Å². The molecule has 2 saturated heterocycles. The number of phenols is 1. The molecule has 14 nitrogen and oxygen atoms in total. The Kier molecular flexibility index (Phi) is 9.01. The number of rotatable bonds is 9. The van der Waals surface area contributed by atoms with Crippen LogP contribution in [0.4, 0.5) is 0 Å². The molecule has 35 heavy (non-hydrogen) atoms. The highest BCUT2D eigenvalue weighted by molar-refractivity contribution is 5.76. The van der Waals surface area contributed by atoms with Crippen molar-refractivity contribution in [3.8, 4) is 5.75 Å². The highest BCUT2D eigenvalue weighted by atomic mass is 16.8. The van der Waals surface area contributed by atoms with Gasteiger partial charge in [0.15, 0.2) is 6.10 Å². The molecule has 10 N–H and O–H groups in total. The summed E-state index contributed by atoms with van der Waals surface area (Å²) in [5, 5.41) is 79.4. The lowest BCUT2D eigenvalue weighted by Crippen LogP contribution is -2.64. The lowest BCUT2D eigenvalue weighted by molar-refractivity contribution is -0.384. The molecule has 1 aromatic carbocycles. The van der Waals surface area contributed by atoms with E-state index in [1.165, 1.54) is 24.3 Å². The number of hydrogen-bond acceptors (Lipinski definition) is 14. The molecule has 10 atom stereocenters. The molecular formula is C21H31NO13. The maximum Gasteiger partial charge on any atom is 0.323 e. The topological polar surface area (TPSA) is 242 Å². The van der Waals surface area contributed by atoms with Crippen molar-refractivity contribution in [2.24, 2.45) is 5.73 Å². The van der Waals surface area contributed by atoms with E-state index < -0.39 is 86.6 Å². The van der Waals surface area contributed by atoms with Crippen molar-refractivity contribution in [1.29, 1.82) is 0 Å². The van der Waals surface area contributed by atoms with Gasteiger partial charge in [0.25, 0.3) is 0 Å². The largest absolute Gasteiger partial charge is 0.508 e. The zero-order valence-corrected chi connectivity index (χ0v) is 18.5. The fraction of sp³-hybridized carbons (Fsp3) is 0.667. The van der Waals surface area contributed by atoms with Gasteiger partial charge in [0.1, 0.15) is 55.0 Å². The Morgan fingerprint density at radius 2 is 1.63 bits per heavy atom. The van der Waals surface area contributed by atoms with Gasteiger partial charge in [-0.2, -0.15) is 0 Å². The van der Waals surface area contributed by atoms with Crippen molar-refractivity contribution < 1.29 is 64.6 Å². The third-order valence-corrected chi connectivity index (χ3v) is 5.99. The summed E-state index contributed by atoms with van der Waals surface area (Å²) in [4.78, 5) is 12.7. The van der Waals surface area contributed by atoms with Crippen LogP contribution in [0.2, 0.25) is 0 Å². The first-order valence-electron chi connectivity index (χ1n) is 10.9. The Morgan fingerprint density at radius 1 is 1.00 bits per heavy atom. The molecule has 1 aromatic rings. The predicted octanol–water partition coefficient (Wildman–Crippen LogP) is -4.57. The summed E-state index contributed by atoms with van der Waals surface area (Å²) in [7, 11) is 0. The van der Waals surface area contributed by atoms with Gasteiger partial charge >= 0.3 is 5.97 Å². The maximum atomic E-state index is 12.7. The number of aliphatic hydroxyl groups excluding tert-OH is 7. The van der Waals surface area contributed by atoms with E-state index in [4.69, 9.17) is 24.7 Å². The second-order valence-corrected chi connectivity index (χ2v) is 8.45. The Bertz CT molecular complexity index is 841. The van der Waals surface area contributed by atoms with E-state index in [-0.39, 0.29) is 12.2 Å². The summed E-state index contributed by atoms with van der Waals surface area (Å²) in [6.07, 6.45) is -13.5. The van der Waals surface area contributed by atoms with Gasteiger partial charge in [-0.05, 0) is 24.1 Å². The van der Waals surface area contributed by atoms with E-state index in [1.54, 1.807) is 0 Å². The molecular weight excluding hydrogens is 474 g/mol. The molecule has 14 heteroatoms. The van der Waals surface area contributed by atoms with Crippen LogP contribution in [0, 0.1) is 0 Å². The minimum absolute atomic E-state index is 0.0110. The number of aromatic hydroxyl groups is 1. The summed E-state index contributed by atoms with van der Waals surface area (Å²) in [5.74, 6) is -3.38. The minimum Gasteiger partial charge on any atom is -0.508 e. The number of ether oxygens (including phenoxy) is 4. The Labute approximate surface area is 199 Å². The first-order chi connectivity index (χ1) is 16.6. The van der Waals surface area contributed by atoms with Gasteiger partial charge in [0.05, 0.1) is 13.2 Å². The van der Waals surface area contributed by atoms with Crippen molar-refractivity contribution in [2.75, 3.05) is 19.8 Å². The SMILES string of the molecule is N[C@@H](Cc1ccc(O)cc1)C(=O)O[C@H]1[C@@H](O[C@]2(CO)O[C@H](CO)[C@@H](O)[C@@H]2O)O[C@H](CO)[C@@H](O)[C@@H]1O. The first kappa shape index (κ1) is 27.6. The molecule has 0 radical (unpaired) electrons. The van der Waals surface area contributed by atoms with E-state index in [0.717, 1.165) is 0 Å². The average molecular weight is 505 g/mol. The van der Waals surface area contributed by atoms with Crippen LogP contribution in [0.5, 0.6) is 5.75 Å². The lowest BCUT2D eigenvalue weighted by atomic mass is 9.98. The second-order valence-electron chi connectivity index (χ2n) is 8.45. The standard InChI is InChI=1S/C21H31NO13/c22-11(5-9-1-3-10(26)4-2-9)19(31)33-17-16(29)14(27)12(6-23)32-20(17)35-21(8-25)18(30)15(28)13(7-24)34-21/h1-4,11-18,20,23-30H,5-8,22H2/t11-,12+,13+,14+,15+,16-,17+,18-,20+,21-/m0/s1. The zero-order valence-electron chi connectivity index (χ0n) is 18.5. The minimum atomic E-state index is -2.36. The molecule has 0 spiro atoms. The number of phenolic OH excluding ortho intramolecular Hbond substituents is 1. The van der Waals surface area contributed by atoms with Crippen molar-refractivity contribution in [3.63, 3.8) is 0 Å². The molecule has 2 aliphatic rings. The smallest absolute Gasteiger partial charge is 0.323 e. The van der Waals surface area contributed by atoms with Crippen LogP contribution in [0.25, 0.3) is 0 Å². The Balaban J connectivity index is 1.79. The molecule has 0 aliphatic carbocycles. The van der Waals surface area contributed by atoms with Crippen LogP contribution in [0.1, 0.15) is 5.56 Å². The van der Waals surface area contributed by atoms with Gasteiger partial charge in [0.2, 0.25) is 12.1 Å². The van der Waals surface area contributed by atoms with Crippen LogP contribution < -0.4 is 5.73 Å². The number of carbonyl (C=O) groups is 1. The van der Waals surface area contributed by atoms with Crippen LogP contribution in [-0.4, -0.2) is 127 Å². The van der Waals surface area contributed by atoms with Crippen molar-refractivity contribution in [1.82, 2.24) is 0 Å². The molecule has 2 heterocycles. The number of nitrogens with two attached hydrogens (primary N) is 1. The molecule has 0 unspecified atom stereocenters. The van der Waals surface area contributed by atoms with E-state index in [1.807, 2.05) is 0 Å². The Morgan fingerprint density at radius 3 is 2.17 bits per heavy atom. The van der Waals surface area contributed by atoms with Gasteiger partial charge in [-0.25, -0.2) is 0 Å². The number of benzene rings is 1. The molecule has 0 amide bonds. The van der Waals surface area contributed by atoms with Crippen LogP contribution in [-0.2, 0) is 30.2 Å². The molecule has 0 saturated carbocycles. The molecule has 2 aliphatic heterocycles. The molecule has 0 bridgehead atoms. The number of hydrogen-bond donors (Lipinski definition) is 9. The number of carbonyl (C=O) groups excluding carboxylic acids is 1. The fourth-order valence-electron chi connectivity index (χ4n) is 3.93. The maximum absolute atomic E-state index is 12.7. The monoisotopic (exact) mass is 505 g/mol.